The molecule has 0 atom stereocenters. The number of ether oxygens (including phenoxy) is 1. The van der Waals surface area contributed by atoms with Gasteiger partial charge < -0.3 is 9.30 Å². The Morgan fingerprint density at radius 2 is 1.92 bits per heavy atom. The van der Waals surface area contributed by atoms with E-state index in [0.717, 1.165) is 5.88 Å². The van der Waals surface area contributed by atoms with Crippen molar-refractivity contribution >= 4 is 0 Å². The maximum absolute atomic E-state index is 5.18. The fraction of sp³-hybridized carbons (Fsp3) is 0.600. The van der Waals surface area contributed by atoms with Crippen LogP contribution in [0.25, 0.3) is 0 Å². The van der Waals surface area contributed by atoms with Gasteiger partial charge in [0.15, 0.2) is 5.88 Å². The van der Waals surface area contributed by atoms with Crippen molar-refractivity contribution in [1.29, 1.82) is 0 Å². The summed E-state index contributed by atoms with van der Waals surface area (Å²) in [7, 11) is 3.69. The van der Waals surface area contributed by atoms with Gasteiger partial charge in [0.1, 0.15) is 0 Å². The molecule has 1 rings (SSSR count). The van der Waals surface area contributed by atoms with E-state index >= 15 is 0 Å². The third-order valence-corrected chi connectivity index (χ3v) is 2.03. The van der Waals surface area contributed by atoms with Crippen molar-refractivity contribution in [2.24, 2.45) is 7.05 Å². The second-order valence-electron chi connectivity index (χ2n) is 4.13. The lowest BCUT2D eigenvalue weighted by Gasteiger charge is -2.15. The zero-order valence-corrected chi connectivity index (χ0v) is 8.51. The lowest BCUT2D eigenvalue weighted by molar-refractivity contribution is 0.382. The number of aryl methyl sites for hydroxylation is 1. The first-order chi connectivity index (χ1) is 5.45. The van der Waals surface area contributed by atoms with Crippen LogP contribution in [-0.4, -0.2) is 11.7 Å². The fourth-order valence-electron chi connectivity index (χ4n) is 1.16. The fourth-order valence-corrected chi connectivity index (χ4v) is 1.16. The Balaban J connectivity index is 3.05. The maximum Gasteiger partial charge on any atom is 0.193 e. The summed E-state index contributed by atoms with van der Waals surface area (Å²) in [6.07, 6.45) is 2.11. The van der Waals surface area contributed by atoms with Crippen LogP contribution in [0.5, 0.6) is 5.88 Å². The number of nitrogens with zero attached hydrogens (tertiary/aromatic N) is 1. The Hall–Kier alpha value is -0.920. The highest BCUT2D eigenvalue weighted by atomic mass is 16.5. The van der Waals surface area contributed by atoms with Crippen molar-refractivity contribution in [2.75, 3.05) is 7.11 Å². The molecule has 0 aliphatic heterocycles. The zero-order chi connectivity index (χ0) is 9.35. The second kappa shape index (κ2) is 2.85. The van der Waals surface area contributed by atoms with Crippen LogP contribution in [0.15, 0.2) is 12.3 Å². The lowest BCUT2D eigenvalue weighted by atomic mass is 9.89. The summed E-state index contributed by atoms with van der Waals surface area (Å²) in [5.41, 5.74) is 1.51. The van der Waals surface area contributed by atoms with Gasteiger partial charge in [-0.3, -0.25) is 0 Å². The van der Waals surface area contributed by atoms with Gasteiger partial charge in [0.2, 0.25) is 0 Å². The smallest absolute Gasteiger partial charge is 0.193 e. The van der Waals surface area contributed by atoms with Gasteiger partial charge in [-0.05, 0) is 11.0 Å². The Morgan fingerprint density at radius 3 is 2.17 bits per heavy atom. The average Bonchev–Trinajstić information content (AvgIpc) is 2.29. The standard InChI is InChI=1S/C10H17NO/c1-10(2,3)8-6-9(12-5)11(4)7-8/h6-7H,1-5H3. The van der Waals surface area contributed by atoms with E-state index in [0.29, 0.717) is 0 Å². The molecule has 1 aromatic heterocycles. The monoisotopic (exact) mass is 167 g/mol. The van der Waals surface area contributed by atoms with Gasteiger partial charge in [-0.15, -0.1) is 0 Å². The van der Waals surface area contributed by atoms with E-state index in [4.69, 9.17) is 4.74 Å². The van der Waals surface area contributed by atoms with E-state index < -0.39 is 0 Å². The summed E-state index contributed by atoms with van der Waals surface area (Å²) in [5.74, 6) is 0.917. The molecule has 68 valence electrons. The molecule has 0 N–H and O–H groups in total. The first-order valence-electron chi connectivity index (χ1n) is 4.16. The number of methoxy groups -OCH3 is 1. The molecule has 0 aliphatic rings. The molecule has 0 unspecified atom stereocenters. The van der Waals surface area contributed by atoms with Crippen molar-refractivity contribution in [3.05, 3.63) is 17.8 Å². The molecular weight excluding hydrogens is 150 g/mol. The molecule has 0 spiro atoms. The van der Waals surface area contributed by atoms with Crippen LogP contribution in [0.3, 0.4) is 0 Å². The van der Waals surface area contributed by atoms with E-state index in [2.05, 4.69) is 33.0 Å². The first kappa shape index (κ1) is 9.17. The topological polar surface area (TPSA) is 14.2 Å². The van der Waals surface area contributed by atoms with Crippen LogP contribution in [0.1, 0.15) is 26.3 Å². The summed E-state index contributed by atoms with van der Waals surface area (Å²) >= 11 is 0. The first-order valence-corrected chi connectivity index (χ1v) is 4.16. The number of hydrogen-bond donors (Lipinski definition) is 0. The molecular formula is C10H17NO. The van der Waals surface area contributed by atoms with Crippen LogP contribution < -0.4 is 4.74 Å². The predicted octanol–water partition coefficient (Wildman–Crippen LogP) is 2.33. The molecule has 0 fully saturated rings. The summed E-state index contributed by atoms with van der Waals surface area (Å²) in [6.45, 7) is 6.59. The summed E-state index contributed by atoms with van der Waals surface area (Å²) in [6, 6.07) is 2.08. The summed E-state index contributed by atoms with van der Waals surface area (Å²) in [5, 5.41) is 0. The van der Waals surface area contributed by atoms with E-state index in [-0.39, 0.29) is 5.41 Å². The van der Waals surface area contributed by atoms with E-state index in [1.165, 1.54) is 5.56 Å². The second-order valence-corrected chi connectivity index (χ2v) is 4.13. The number of hydrogen-bond acceptors (Lipinski definition) is 1. The van der Waals surface area contributed by atoms with E-state index in [1.54, 1.807) is 7.11 Å². The average molecular weight is 167 g/mol. The van der Waals surface area contributed by atoms with Crippen molar-refractivity contribution in [1.82, 2.24) is 4.57 Å². The van der Waals surface area contributed by atoms with Gasteiger partial charge in [-0.1, -0.05) is 20.8 Å². The Kier molecular flexibility index (Phi) is 2.18. The van der Waals surface area contributed by atoms with Gasteiger partial charge in [0, 0.05) is 19.3 Å². The van der Waals surface area contributed by atoms with Crippen molar-refractivity contribution < 1.29 is 4.74 Å². The molecule has 0 amide bonds. The molecule has 0 saturated heterocycles. The van der Waals surface area contributed by atoms with Crippen LogP contribution in [0, 0.1) is 0 Å². The maximum atomic E-state index is 5.18. The quantitative estimate of drug-likeness (QED) is 0.626. The van der Waals surface area contributed by atoms with E-state index in [1.807, 2.05) is 11.6 Å². The highest BCUT2D eigenvalue weighted by molar-refractivity contribution is 5.28. The van der Waals surface area contributed by atoms with Crippen LogP contribution in [0.2, 0.25) is 0 Å². The molecule has 0 radical (unpaired) electrons. The lowest BCUT2D eigenvalue weighted by Crippen LogP contribution is -2.09. The van der Waals surface area contributed by atoms with Crippen molar-refractivity contribution in [3.8, 4) is 5.88 Å². The molecule has 0 bridgehead atoms. The highest BCUT2D eigenvalue weighted by Gasteiger charge is 2.16. The minimum absolute atomic E-state index is 0.203. The zero-order valence-electron chi connectivity index (χ0n) is 8.51. The summed E-state index contributed by atoms with van der Waals surface area (Å²) in [4.78, 5) is 0. The van der Waals surface area contributed by atoms with E-state index in [9.17, 15) is 0 Å². The SMILES string of the molecule is COc1cc(C(C)(C)C)cn1C. The Morgan fingerprint density at radius 1 is 1.33 bits per heavy atom. The van der Waals surface area contributed by atoms with Gasteiger partial charge in [-0.25, -0.2) is 0 Å². The van der Waals surface area contributed by atoms with Gasteiger partial charge >= 0.3 is 0 Å². The highest BCUT2D eigenvalue weighted by Crippen LogP contribution is 2.26. The largest absolute Gasteiger partial charge is 0.482 e. The van der Waals surface area contributed by atoms with Crippen LogP contribution >= 0.6 is 0 Å². The van der Waals surface area contributed by atoms with Crippen LogP contribution in [-0.2, 0) is 12.5 Å². The van der Waals surface area contributed by atoms with Crippen molar-refractivity contribution in [3.63, 3.8) is 0 Å². The van der Waals surface area contributed by atoms with Gasteiger partial charge in [0.05, 0.1) is 7.11 Å². The number of rotatable bonds is 1. The molecule has 0 saturated carbocycles. The van der Waals surface area contributed by atoms with Gasteiger partial charge in [0.25, 0.3) is 0 Å². The molecule has 2 heteroatoms. The predicted molar refractivity (Wildman–Crippen MR) is 50.7 cm³/mol. The third kappa shape index (κ3) is 1.63. The minimum Gasteiger partial charge on any atom is -0.482 e. The molecule has 2 nitrogen and oxygen atoms in total. The molecule has 12 heavy (non-hydrogen) atoms. The Bertz CT molecular complexity index is 268. The number of aromatic nitrogens is 1. The molecule has 0 aliphatic carbocycles. The van der Waals surface area contributed by atoms with Crippen molar-refractivity contribution in [2.45, 2.75) is 26.2 Å². The summed E-state index contributed by atoms with van der Waals surface area (Å²) < 4.78 is 7.18. The molecule has 1 aromatic rings. The van der Waals surface area contributed by atoms with Crippen LogP contribution in [0.4, 0.5) is 0 Å². The minimum atomic E-state index is 0.203. The normalized spacial score (nSPS) is 11.8. The molecule has 1 heterocycles. The third-order valence-electron chi connectivity index (χ3n) is 2.03. The molecule has 0 aromatic carbocycles. The Labute approximate surface area is 74.2 Å². The van der Waals surface area contributed by atoms with Gasteiger partial charge in [-0.2, -0.15) is 0 Å².